The molecule has 1 saturated heterocycles. The topological polar surface area (TPSA) is 49.6 Å². The second-order valence-corrected chi connectivity index (χ2v) is 5.58. The molecule has 1 aliphatic rings. The third-order valence-electron chi connectivity index (χ3n) is 3.61. The van der Waals surface area contributed by atoms with Gasteiger partial charge in [0.25, 0.3) is 0 Å². The van der Waals surface area contributed by atoms with Crippen molar-refractivity contribution in [3.63, 3.8) is 0 Å². The largest absolute Gasteiger partial charge is 0.398 e. The first-order valence-corrected chi connectivity index (χ1v) is 6.86. The maximum Gasteiger partial charge on any atom is 0.239 e. The maximum atomic E-state index is 12.1. The van der Waals surface area contributed by atoms with Gasteiger partial charge in [0.1, 0.15) is 0 Å². The first-order chi connectivity index (χ1) is 9.00. The van der Waals surface area contributed by atoms with Crippen LogP contribution in [0.3, 0.4) is 0 Å². The van der Waals surface area contributed by atoms with E-state index in [0.717, 1.165) is 24.9 Å². The predicted molar refractivity (Wildman–Crippen MR) is 78.0 cm³/mol. The van der Waals surface area contributed by atoms with Crippen molar-refractivity contribution in [2.24, 2.45) is 0 Å². The number of hydrogen-bond acceptors (Lipinski definition) is 3. The predicted octanol–water partition coefficient (Wildman–Crippen LogP) is 1.97. The average molecular weight is 282 g/mol. The minimum Gasteiger partial charge on any atom is -0.398 e. The van der Waals surface area contributed by atoms with Crippen LogP contribution in [-0.2, 0) is 11.3 Å². The van der Waals surface area contributed by atoms with Gasteiger partial charge in [0, 0.05) is 36.9 Å². The quantitative estimate of drug-likeness (QED) is 0.862. The molecule has 104 valence electrons. The minimum atomic E-state index is -0.0503. The van der Waals surface area contributed by atoms with E-state index in [1.54, 1.807) is 19.0 Å². The third kappa shape index (κ3) is 3.01. The number of anilines is 1. The first-order valence-electron chi connectivity index (χ1n) is 6.48. The van der Waals surface area contributed by atoms with Gasteiger partial charge in [-0.15, -0.1) is 0 Å². The van der Waals surface area contributed by atoms with Crippen LogP contribution in [0.5, 0.6) is 0 Å². The SMILES string of the molecule is CN(C)C(=O)C1CCCN1Cc1c(N)cccc1Cl. The smallest absolute Gasteiger partial charge is 0.239 e. The fourth-order valence-corrected chi connectivity index (χ4v) is 2.78. The molecular formula is C14H20ClN3O. The molecule has 0 spiro atoms. The summed E-state index contributed by atoms with van der Waals surface area (Å²) >= 11 is 6.20. The van der Waals surface area contributed by atoms with Gasteiger partial charge in [-0.3, -0.25) is 9.69 Å². The summed E-state index contributed by atoms with van der Waals surface area (Å²) in [6, 6.07) is 5.48. The lowest BCUT2D eigenvalue weighted by Gasteiger charge is -2.26. The van der Waals surface area contributed by atoms with Crippen molar-refractivity contribution in [3.8, 4) is 0 Å². The summed E-state index contributed by atoms with van der Waals surface area (Å²) < 4.78 is 0. The molecule has 0 bridgehead atoms. The van der Waals surface area contributed by atoms with Gasteiger partial charge in [0.2, 0.25) is 5.91 Å². The number of amides is 1. The molecule has 0 aromatic heterocycles. The van der Waals surface area contributed by atoms with Crippen LogP contribution in [0.25, 0.3) is 0 Å². The summed E-state index contributed by atoms with van der Waals surface area (Å²) in [7, 11) is 3.59. The lowest BCUT2D eigenvalue weighted by molar-refractivity contribution is -0.133. The van der Waals surface area contributed by atoms with Crippen molar-refractivity contribution in [3.05, 3.63) is 28.8 Å². The fourth-order valence-electron chi connectivity index (χ4n) is 2.54. The van der Waals surface area contributed by atoms with Crippen molar-refractivity contribution < 1.29 is 4.79 Å². The molecule has 1 heterocycles. The molecule has 2 rings (SSSR count). The Morgan fingerprint density at radius 2 is 2.26 bits per heavy atom. The van der Waals surface area contributed by atoms with E-state index in [2.05, 4.69) is 4.90 Å². The molecular weight excluding hydrogens is 262 g/mol. The molecule has 1 aliphatic heterocycles. The highest BCUT2D eigenvalue weighted by atomic mass is 35.5. The van der Waals surface area contributed by atoms with E-state index >= 15 is 0 Å². The number of likely N-dealkylation sites (N-methyl/N-ethyl adjacent to an activating group) is 1. The van der Waals surface area contributed by atoms with Gasteiger partial charge in [-0.05, 0) is 31.5 Å². The molecule has 5 heteroatoms. The van der Waals surface area contributed by atoms with Crippen LogP contribution < -0.4 is 5.73 Å². The second-order valence-electron chi connectivity index (χ2n) is 5.17. The molecule has 0 radical (unpaired) electrons. The van der Waals surface area contributed by atoms with Crippen molar-refractivity contribution in [2.75, 3.05) is 26.4 Å². The number of likely N-dealkylation sites (tertiary alicyclic amines) is 1. The van der Waals surface area contributed by atoms with Gasteiger partial charge in [-0.2, -0.15) is 0 Å². The highest BCUT2D eigenvalue weighted by molar-refractivity contribution is 6.31. The monoisotopic (exact) mass is 281 g/mol. The van der Waals surface area contributed by atoms with Gasteiger partial charge >= 0.3 is 0 Å². The van der Waals surface area contributed by atoms with Gasteiger partial charge in [-0.25, -0.2) is 0 Å². The van der Waals surface area contributed by atoms with E-state index in [4.69, 9.17) is 17.3 Å². The van der Waals surface area contributed by atoms with Gasteiger partial charge in [0.15, 0.2) is 0 Å². The summed E-state index contributed by atoms with van der Waals surface area (Å²) in [5, 5.41) is 0.669. The van der Waals surface area contributed by atoms with Crippen molar-refractivity contribution in [2.45, 2.75) is 25.4 Å². The third-order valence-corrected chi connectivity index (χ3v) is 3.96. The lowest BCUT2D eigenvalue weighted by atomic mass is 10.1. The standard InChI is InChI=1S/C14H20ClN3O/c1-17(2)14(19)13-7-4-8-18(13)9-10-11(15)5-3-6-12(10)16/h3,5-6,13H,4,7-9,16H2,1-2H3. The number of nitrogen functional groups attached to an aromatic ring is 1. The van der Waals surface area contributed by atoms with Crippen LogP contribution in [0.15, 0.2) is 18.2 Å². The van der Waals surface area contributed by atoms with Crippen LogP contribution in [0, 0.1) is 0 Å². The molecule has 1 atom stereocenters. The number of benzene rings is 1. The maximum absolute atomic E-state index is 12.1. The number of carbonyl (C=O) groups excluding carboxylic acids is 1. The molecule has 1 aromatic rings. The minimum absolute atomic E-state index is 0.0503. The lowest BCUT2D eigenvalue weighted by Crippen LogP contribution is -2.42. The van der Waals surface area contributed by atoms with Crippen molar-refractivity contribution in [1.29, 1.82) is 0 Å². The number of carbonyl (C=O) groups is 1. The summed E-state index contributed by atoms with van der Waals surface area (Å²) in [5.41, 5.74) is 7.58. The Labute approximate surface area is 119 Å². The number of rotatable bonds is 3. The Balaban J connectivity index is 2.16. The number of nitrogens with zero attached hydrogens (tertiary/aromatic N) is 2. The molecule has 0 aliphatic carbocycles. The summed E-state index contributed by atoms with van der Waals surface area (Å²) in [6.45, 7) is 1.55. The van der Waals surface area contributed by atoms with Crippen LogP contribution in [0.2, 0.25) is 5.02 Å². The molecule has 1 unspecified atom stereocenters. The van der Waals surface area contributed by atoms with Gasteiger partial charge in [-0.1, -0.05) is 17.7 Å². The molecule has 1 amide bonds. The zero-order valence-electron chi connectivity index (χ0n) is 11.4. The summed E-state index contributed by atoms with van der Waals surface area (Å²) in [6.07, 6.45) is 1.94. The van der Waals surface area contributed by atoms with E-state index in [0.29, 0.717) is 17.3 Å². The average Bonchev–Trinajstić information content (AvgIpc) is 2.81. The van der Waals surface area contributed by atoms with E-state index in [9.17, 15) is 4.79 Å². The Hall–Kier alpha value is -1.26. The number of hydrogen-bond donors (Lipinski definition) is 1. The highest BCUT2D eigenvalue weighted by Gasteiger charge is 2.32. The highest BCUT2D eigenvalue weighted by Crippen LogP contribution is 2.27. The van der Waals surface area contributed by atoms with Gasteiger partial charge in [0.05, 0.1) is 6.04 Å². The van der Waals surface area contributed by atoms with Crippen LogP contribution in [0.4, 0.5) is 5.69 Å². The zero-order valence-corrected chi connectivity index (χ0v) is 12.2. The molecule has 19 heavy (non-hydrogen) atoms. The van der Waals surface area contributed by atoms with E-state index in [1.165, 1.54) is 0 Å². The normalized spacial score (nSPS) is 19.6. The van der Waals surface area contributed by atoms with Crippen LogP contribution in [-0.4, -0.2) is 42.4 Å². The summed E-state index contributed by atoms with van der Waals surface area (Å²) in [5.74, 6) is 0.156. The molecule has 1 fully saturated rings. The van der Waals surface area contributed by atoms with E-state index in [-0.39, 0.29) is 11.9 Å². The first kappa shape index (κ1) is 14.2. The van der Waals surface area contributed by atoms with E-state index < -0.39 is 0 Å². The number of halogens is 1. The Bertz CT molecular complexity index is 456. The second kappa shape index (κ2) is 5.80. The molecule has 2 N–H and O–H groups in total. The molecule has 4 nitrogen and oxygen atoms in total. The van der Waals surface area contributed by atoms with Crippen molar-refractivity contribution >= 4 is 23.2 Å². The van der Waals surface area contributed by atoms with E-state index in [1.807, 2.05) is 18.2 Å². The van der Waals surface area contributed by atoms with Gasteiger partial charge < -0.3 is 10.6 Å². The van der Waals surface area contributed by atoms with Crippen LogP contribution in [0.1, 0.15) is 18.4 Å². The Morgan fingerprint density at radius 3 is 2.89 bits per heavy atom. The Morgan fingerprint density at radius 1 is 1.53 bits per heavy atom. The number of nitrogens with two attached hydrogens (primary N) is 1. The summed E-state index contributed by atoms with van der Waals surface area (Å²) in [4.78, 5) is 16.0. The molecule has 1 aromatic carbocycles. The fraction of sp³-hybridized carbons (Fsp3) is 0.500. The zero-order chi connectivity index (χ0) is 14.0. The van der Waals surface area contributed by atoms with Crippen molar-refractivity contribution in [1.82, 2.24) is 9.80 Å². The Kier molecular flexibility index (Phi) is 4.32. The molecule has 0 saturated carbocycles. The van der Waals surface area contributed by atoms with Crippen LogP contribution >= 0.6 is 11.6 Å².